The van der Waals surface area contributed by atoms with Gasteiger partial charge in [-0.1, -0.05) is 18.2 Å². The van der Waals surface area contributed by atoms with Gasteiger partial charge in [0, 0.05) is 31.4 Å². The standard InChI is InChI=1S/C21H22N6O2S/c1-13(28)24-17-12-30-19-18(17)25-21(26-8-4-7-16(23)11-26)27(20(19)29)10-15-6-3-2-5-14(15)9-22/h2-3,5-6,12,16H,4,7-8,10-11,23H2,1H3,(H,24,28). The smallest absolute Gasteiger partial charge is 0.273 e. The maximum absolute atomic E-state index is 13.5. The predicted octanol–water partition coefficient (Wildman–Crippen LogP) is 2.26. The Hall–Kier alpha value is -3.22. The van der Waals surface area contributed by atoms with E-state index >= 15 is 0 Å². The summed E-state index contributed by atoms with van der Waals surface area (Å²) in [6, 6.07) is 9.43. The fourth-order valence-electron chi connectivity index (χ4n) is 3.78. The van der Waals surface area contributed by atoms with E-state index in [0.29, 0.717) is 34.0 Å². The molecule has 1 aliphatic heterocycles. The van der Waals surface area contributed by atoms with Gasteiger partial charge in [0.25, 0.3) is 5.56 Å². The van der Waals surface area contributed by atoms with Gasteiger partial charge in [-0.15, -0.1) is 11.3 Å². The van der Waals surface area contributed by atoms with Crippen LogP contribution >= 0.6 is 11.3 Å². The van der Waals surface area contributed by atoms with Crippen LogP contribution in [0.3, 0.4) is 0 Å². The molecule has 4 rings (SSSR count). The molecule has 9 heteroatoms. The largest absolute Gasteiger partial charge is 0.341 e. The van der Waals surface area contributed by atoms with Crippen LogP contribution in [0.4, 0.5) is 11.6 Å². The summed E-state index contributed by atoms with van der Waals surface area (Å²) >= 11 is 1.25. The van der Waals surface area contributed by atoms with Gasteiger partial charge in [0.15, 0.2) is 0 Å². The van der Waals surface area contributed by atoms with E-state index in [2.05, 4.69) is 11.4 Å². The number of benzene rings is 1. The van der Waals surface area contributed by atoms with Crippen LogP contribution in [0.2, 0.25) is 0 Å². The van der Waals surface area contributed by atoms with Crippen molar-refractivity contribution >= 4 is 39.1 Å². The van der Waals surface area contributed by atoms with Crippen molar-refractivity contribution in [3.63, 3.8) is 0 Å². The molecule has 0 saturated carbocycles. The molecule has 3 heterocycles. The van der Waals surface area contributed by atoms with Gasteiger partial charge in [-0.2, -0.15) is 5.26 Å². The monoisotopic (exact) mass is 422 g/mol. The van der Waals surface area contributed by atoms with E-state index in [-0.39, 0.29) is 24.1 Å². The molecule has 1 saturated heterocycles. The highest BCUT2D eigenvalue weighted by atomic mass is 32.1. The first-order valence-corrected chi connectivity index (χ1v) is 10.6. The molecule has 154 valence electrons. The van der Waals surface area contributed by atoms with E-state index in [1.54, 1.807) is 22.1 Å². The fourth-order valence-corrected chi connectivity index (χ4v) is 4.66. The molecule has 3 N–H and O–H groups in total. The number of nitriles is 1. The third kappa shape index (κ3) is 3.79. The number of anilines is 2. The van der Waals surface area contributed by atoms with E-state index < -0.39 is 0 Å². The molecule has 1 unspecified atom stereocenters. The fraction of sp³-hybridized carbons (Fsp3) is 0.333. The second-order valence-corrected chi connectivity index (χ2v) is 8.31. The summed E-state index contributed by atoms with van der Waals surface area (Å²) in [5, 5.41) is 14.0. The molecule has 1 amide bonds. The molecule has 1 fully saturated rings. The number of hydrogen-bond donors (Lipinski definition) is 2. The second kappa shape index (κ2) is 8.26. The van der Waals surface area contributed by atoms with Crippen molar-refractivity contribution in [2.24, 2.45) is 5.73 Å². The summed E-state index contributed by atoms with van der Waals surface area (Å²) in [5.41, 5.74) is 8.29. The van der Waals surface area contributed by atoms with Crippen LogP contribution in [-0.2, 0) is 11.3 Å². The van der Waals surface area contributed by atoms with Gasteiger partial charge in [-0.05, 0) is 24.5 Å². The lowest BCUT2D eigenvalue weighted by molar-refractivity contribution is -0.114. The first-order chi connectivity index (χ1) is 14.5. The van der Waals surface area contributed by atoms with Crippen LogP contribution in [0.25, 0.3) is 10.2 Å². The number of nitrogens with two attached hydrogens (primary N) is 1. The third-order valence-electron chi connectivity index (χ3n) is 5.18. The van der Waals surface area contributed by atoms with Gasteiger partial charge in [0.05, 0.1) is 23.9 Å². The minimum atomic E-state index is -0.217. The summed E-state index contributed by atoms with van der Waals surface area (Å²) < 4.78 is 2.09. The molecular weight excluding hydrogens is 400 g/mol. The lowest BCUT2D eigenvalue weighted by atomic mass is 10.1. The molecule has 0 aliphatic carbocycles. The SMILES string of the molecule is CC(=O)Nc1csc2c(=O)n(Cc3ccccc3C#N)c(N3CCCC(N)C3)nc12. The molecule has 30 heavy (non-hydrogen) atoms. The van der Waals surface area contributed by atoms with E-state index in [4.69, 9.17) is 10.7 Å². The Bertz CT molecular complexity index is 1210. The highest BCUT2D eigenvalue weighted by molar-refractivity contribution is 7.17. The topological polar surface area (TPSA) is 117 Å². The lowest BCUT2D eigenvalue weighted by Gasteiger charge is -2.33. The normalized spacial score (nSPS) is 16.4. The first kappa shape index (κ1) is 20.1. The van der Waals surface area contributed by atoms with Crippen molar-refractivity contribution < 1.29 is 4.79 Å². The zero-order valence-electron chi connectivity index (χ0n) is 16.6. The maximum Gasteiger partial charge on any atom is 0.273 e. The Kier molecular flexibility index (Phi) is 5.53. The summed E-state index contributed by atoms with van der Waals surface area (Å²) in [7, 11) is 0. The zero-order chi connectivity index (χ0) is 21.3. The average Bonchev–Trinajstić information content (AvgIpc) is 3.12. The molecule has 1 aromatic carbocycles. The number of rotatable bonds is 4. The van der Waals surface area contributed by atoms with Crippen LogP contribution in [0.5, 0.6) is 0 Å². The van der Waals surface area contributed by atoms with Gasteiger partial charge in [-0.3, -0.25) is 14.2 Å². The number of fused-ring (bicyclic) bond motifs is 1. The molecule has 2 aromatic heterocycles. The van der Waals surface area contributed by atoms with Gasteiger partial charge in [0.2, 0.25) is 11.9 Å². The van der Waals surface area contributed by atoms with Gasteiger partial charge in [0.1, 0.15) is 10.2 Å². The van der Waals surface area contributed by atoms with Gasteiger partial charge >= 0.3 is 0 Å². The summed E-state index contributed by atoms with van der Waals surface area (Å²) in [6.45, 7) is 3.00. The minimum Gasteiger partial charge on any atom is -0.341 e. The average molecular weight is 423 g/mol. The molecule has 1 aliphatic rings. The van der Waals surface area contributed by atoms with E-state index in [1.807, 2.05) is 17.0 Å². The van der Waals surface area contributed by atoms with Crippen molar-refractivity contribution in [3.8, 4) is 6.07 Å². The molecular formula is C21H22N6O2S. The van der Waals surface area contributed by atoms with E-state index in [9.17, 15) is 14.9 Å². The zero-order valence-corrected chi connectivity index (χ0v) is 17.4. The number of piperidine rings is 1. The van der Waals surface area contributed by atoms with Crippen molar-refractivity contribution in [3.05, 3.63) is 51.1 Å². The molecule has 0 spiro atoms. The lowest BCUT2D eigenvalue weighted by Crippen LogP contribution is -2.45. The van der Waals surface area contributed by atoms with Crippen molar-refractivity contribution in [1.29, 1.82) is 5.26 Å². The van der Waals surface area contributed by atoms with Gasteiger partial charge < -0.3 is 16.0 Å². The molecule has 1 atom stereocenters. The van der Waals surface area contributed by atoms with Crippen LogP contribution in [0.15, 0.2) is 34.4 Å². The van der Waals surface area contributed by atoms with Crippen LogP contribution < -0.4 is 21.5 Å². The summed E-state index contributed by atoms with van der Waals surface area (Å²) in [6.07, 6.45) is 1.84. The Morgan fingerprint density at radius 3 is 2.97 bits per heavy atom. The molecule has 0 radical (unpaired) electrons. The predicted molar refractivity (Wildman–Crippen MR) is 118 cm³/mol. The minimum absolute atomic E-state index is 0.00323. The molecule has 3 aromatic rings. The molecule has 8 nitrogen and oxygen atoms in total. The van der Waals surface area contributed by atoms with Crippen molar-refractivity contribution in [2.45, 2.75) is 32.4 Å². The number of nitrogens with one attached hydrogen (secondary N) is 1. The Labute approximate surface area is 177 Å². The number of hydrogen-bond acceptors (Lipinski definition) is 7. The van der Waals surface area contributed by atoms with Gasteiger partial charge in [-0.25, -0.2) is 4.98 Å². The van der Waals surface area contributed by atoms with E-state index in [0.717, 1.165) is 24.9 Å². The number of amides is 1. The highest BCUT2D eigenvalue weighted by Crippen LogP contribution is 2.29. The second-order valence-electron chi connectivity index (χ2n) is 7.43. The third-order valence-corrected chi connectivity index (χ3v) is 6.13. The van der Waals surface area contributed by atoms with E-state index in [1.165, 1.54) is 18.3 Å². The van der Waals surface area contributed by atoms with Crippen molar-refractivity contribution in [1.82, 2.24) is 9.55 Å². The maximum atomic E-state index is 13.5. The summed E-state index contributed by atoms with van der Waals surface area (Å²) in [4.78, 5) is 31.9. The van der Waals surface area contributed by atoms with Crippen LogP contribution in [-0.4, -0.2) is 34.6 Å². The quantitative estimate of drug-likeness (QED) is 0.666. The Balaban J connectivity index is 1.89. The number of carbonyl (C=O) groups excluding carboxylic acids is 1. The van der Waals surface area contributed by atoms with Crippen molar-refractivity contribution in [2.75, 3.05) is 23.3 Å². The highest BCUT2D eigenvalue weighted by Gasteiger charge is 2.24. The van der Waals surface area contributed by atoms with Crippen LogP contribution in [0, 0.1) is 11.3 Å². The molecule has 0 bridgehead atoms. The number of aromatic nitrogens is 2. The Morgan fingerprint density at radius 1 is 1.43 bits per heavy atom. The van der Waals surface area contributed by atoms with Crippen LogP contribution in [0.1, 0.15) is 30.9 Å². The Morgan fingerprint density at radius 2 is 2.23 bits per heavy atom. The summed E-state index contributed by atoms with van der Waals surface area (Å²) in [5.74, 6) is 0.297. The number of carbonyl (C=O) groups is 1. The number of nitrogens with zero attached hydrogens (tertiary/aromatic N) is 4. The first-order valence-electron chi connectivity index (χ1n) is 9.76. The number of thiophene rings is 1.